The van der Waals surface area contributed by atoms with Crippen LogP contribution in [0, 0.1) is 5.92 Å². The Labute approximate surface area is 109 Å². The van der Waals surface area contributed by atoms with Crippen LogP contribution < -0.4 is 0 Å². The Hall–Kier alpha value is -0.450. The van der Waals surface area contributed by atoms with Crippen LogP contribution in [0.4, 0.5) is 0 Å². The lowest BCUT2D eigenvalue weighted by Gasteiger charge is -2.39. The van der Waals surface area contributed by atoms with Crippen molar-refractivity contribution in [1.29, 1.82) is 0 Å². The highest BCUT2D eigenvalue weighted by atomic mass is 16.5. The molecule has 2 aliphatic rings. The van der Waals surface area contributed by atoms with Gasteiger partial charge in [0.1, 0.15) is 5.78 Å². The maximum Gasteiger partial charge on any atom is 0.137 e. The number of aliphatic hydroxyl groups excluding tert-OH is 1. The lowest BCUT2D eigenvalue weighted by Crippen LogP contribution is -2.49. The molecular formula is C14H25NO3. The monoisotopic (exact) mass is 255 g/mol. The van der Waals surface area contributed by atoms with Crippen molar-refractivity contribution >= 4 is 5.78 Å². The van der Waals surface area contributed by atoms with Crippen molar-refractivity contribution in [2.45, 2.75) is 50.7 Å². The molecule has 1 heterocycles. The molecule has 1 aliphatic carbocycles. The van der Waals surface area contributed by atoms with Crippen LogP contribution in [0.25, 0.3) is 0 Å². The molecule has 0 spiro atoms. The first-order valence-corrected chi connectivity index (χ1v) is 7.16. The van der Waals surface area contributed by atoms with E-state index in [9.17, 15) is 9.90 Å². The number of Topliss-reactive ketones (excluding diaryl/α,β-unsaturated/α-hetero) is 1. The highest BCUT2D eigenvalue weighted by Crippen LogP contribution is 2.32. The van der Waals surface area contributed by atoms with Gasteiger partial charge in [-0.25, -0.2) is 0 Å². The topological polar surface area (TPSA) is 49.8 Å². The summed E-state index contributed by atoms with van der Waals surface area (Å²) < 4.78 is 4.98. The second-order valence-electron chi connectivity index (χ2n) is 5.63. The smallest absolute Gasteiger partial charge is 0.137 e. The summed E-state index contributed by atoms with van der Waals surface area (Å²) in [6.07, 6.45) is 5.91. The lowest BCUT2D eigenvalue weighted by atomic mass is 9.88. The van der Waals surface area contributed by atoms with Gasteiger partial charge in [-0.15, -0.1) is 0 Å². The average Bonchev–Trinajstić information content (AvgIpc) is 2.76. The first-order valence-electron chi connectivity index (χ1n) is 7.16. The molecule has 0 aromatic heterocycles. The predicted molar refractivity (Wildman–Crippen MR) is 69.4 cm³/mol. The zero-order valence-corrected chi connectivity index (χ0v) is 11.3. The van der Waals surface area contributed by atoms with Gasteiger partial charge in [-0.3, -0.25) is 9.69 Å². The Morgan fingerprint density at radius 3 is 2.89 bits per heavy atom. The second-order valence-corrected chi connectivity index (χ2v) is 5.63. The molecule has 2 rings (SSSR count). The number of rotatable bonds is 5. The van der Waals surface area contributed by atoms with E-state index in [1.165, 1.54) is 12.8 Å². The molecule has 0 radical (unpaired) electrons. The number of carbonyl (C=O) groups excluding carboxylic acids is 1. The van der Waals surface area contributed by atoms with E-state index in [2.05, 4.69) is 4.90 Å². The zero-order valence-electron chi connectivity index (χ0n) is 11.3. The number of hydrogen-bond acceptors (Lipinski definition) is 4. The van der Waals surface area contributed by atoms with E-state index in [-0.39, 0.29) is 5.92 Å². The van der Waals surface area contributed by atoms with Crippen LogP contribution in [-0.2, 0) is 9.53 Å². The van der Waals surface area contributed by atoms with Crippen molar-refractivity contribution in [3.63, 3.8) is 0 Å². The van der Waals surface area contributed by atoms with Gasteiger partial charge in [0, 0.05) is 32.0 Å². The third-order valence-electron chi connectivity index (χ3n) is 4.28. The van der Waals surface area contributed by atoms with Crippen LogP contribution in [-0.4, -0.2) is 54.7 Å². The van der Waals surface area contributed by atoms with Gasteiger partial charge in [-0.2, -0.15) is 0 Å². The largest absolute Gasteiger partial charge is 0.389 e. The minimum absolute atomic E-state index is 0.222. The zero-order chi connectivity index (χ0) is 13.0. The van der Waals surface area contributed by atoms with E-state index in [4.69, 9.17) is 4.74 Å². The maximum absolute atomic E-state index is 11.9. The Kier molecular flexibility index (Phi) is 5.15. The molecule has 0 aromatic rings. The molecule has 1 N–H and O–H groups in total. The summed E-state index contributed by atoms with van der Waals surface area (Å²) in [5.74, 6) is 0.660. The first kappa shape index (κ1) is 14.0. The van der Waals surface area contributed by atoms with Crippen LogP contribution in [0.2, 0.25) is 0 Å². The molecule has 0 amide bonds. The number of ketones is 1. The van der Waals surface area contributed by atoms with Crippen molar-refractivity contribution in [2.24, 2.45) is 5.92 Å². The van der Waals surface area contributed by atoms with Crippen molar-refractivity contribution in [3.05, 3.63) is 0 Å². The quantitative estimate of drug-likeness (QED) is 0.802. The number of aliphatic hydroxyl groups is 1. The van der Waals surface area contributed by atoms with Crippen LogP contribution in [0.3, 0.4) is 0 Å². The Bertz CT molecular complexity index is 282. The number of methoxy groups -OCH3 is 1. The van der Waals surface area contributed by atoms with Crippen LogP contribution in [0.5, 0.6) is 0 Å². The Morgan fingerprint density at radius 2 is 2.22 bits per heavy atom. The van der Waals surface area contributed by atoms with Crippen LogP contribution in [0.15, 0.2) is 0 Å². The van der Waals surface area contributed by atoms with E-state index < -0.39 is 6.10 Å². The fourth-order valence-electron chi connectivity index (χ4n) is 3.46. The van der Waals surface area contributed by atoms with E-state index in [1.807, 2.05) is 0 Å². The third-order valence-corrected chi connectivity index (χ3v) is 4.28. The van der Waals surface area contributed by atoms with E-state index in [0.717, 1.165) is 32.2 Å². The van der Waals surface area contributed by atoms with Crippen molar-refractivity contribution in [3.8, 4) is 0 Å². The summed E-state index contributed by atoms with van der Waals surface area (Å²) in [7, 11) is 1.61. The highest BCUT2D eigenvalue weighted by molar-refractivity contribution is 5.83. The number of nitrogens with zero attached hydrogens (tertiary/aromatic N) is 1. The lowest BCUT2D eigenvalue weighted by molar-refractivity contribution is -0.123. The molecule has 3 unspecified atom stereocenters. The van der Waals surface area contributed by atoms with Gasteiger partial charge >= 0.3 is 0 Å². The van der Waals surface area contributed by atoms with Crippen molar-refractivity contribution in [1.82, 2.24) is 4.90 Å². The van der Waals surface area contributed by atoms with Gasteiger partial charge in [0.05, 0.1) is 12.7 Å². The number of β-amino-alcohol motifs (C(OH)–C–C–N with tert-alkyl or cyclic N) is 1. The van der Waals surface area contributed by atoms with Crippen LogP contribution >= 0.6 is 0 Å². The summed E-state index contributed by atoms with van der Waals surface area (Å²) in [5, 5.41) is 9.88. The fourth-order valence-corrected chi connectivity index (χ4v) is 3.46. The van der Waals surface area contributed by atoms with E-state index >= 15 is 0 Å². The van der Waals surface area contributed by atoms with Crippen molar-refractivity contribution < 1.29 is 14.6 Å². The molecule has 4 nitrogen and oxygen atoms in total. The SMILES string of the molecule is COCC(O)CN1CCCCC1C1CCCC1=O. The molecule has 18 heavy (non-hydrogen) atoms. The van der Waals surface area contributed by atoms with Crippen LogP contribution in [0.1, 0.15) is 38.5 Å². The summed E-state index contributed by atoms with van der Waals surface area (Å²) in [6.45, 7) is 2.03. The molecule has 0 bridgehead atoms. The molecule has 104 valence electrons. The highest BCUT2D eigenvalue weighted by Gasteiger charge is 2.37. The van der Waals surface area contributed by atoms with Gasteiger partial charge in [0.15, 0.2) is 0 Å². The average molecular weight is 255 g/mol. The number of ether oxygens (including phenoxy) is 1. The predicted octanol–water partition coefficient (Wildman–Crippen LogP) is 1.22. The second kappa shape index (κ2) is 6.64. The number of carbonyl (C=O) groups is 1. The van der Waals surface area contributed by atoms with Gasteiger partial charge in [0.2, 0.25) is 0 Å². The molecule has 1 aliphatic heterocycles. The Balaban J connectivity index is 1.94. The van der Waals surface area contributed by atoms with E-state index in [0.29, 0.717) is 25.0 Å². The van der Waals surface area contributed by atoms with Gasteiger partial charge < -0.3 is 9.84 Å². The minimum Gasteiger partial charge on any atom is -0.389 e. The number of likely N-dealkylation sites (tertiary alicyclic amines) is 1. The standard InChI is InChI=1S/C14H25NO3/c1-18-10-11(16)9-15-8-3-2-6-13(15)12-5-4-7-14(12)17/h11-13,16H,2-10H2,1H3. The summed E-state index contributed by atoms with van der Waals surface area (Å²) in [5.41, 5.74) is 0. The molecular weight excluding hydrogens is 230 g/mol. The molecule has 3 atom stereocenters. The summed E-state index contributed by atoms with van der Waals surface area (Å²) in [6, 6.07) is 0.361. The van der Waals surface area contributed by atoms with Gasteiger partial charge in [-0.1, -0.05) is 6.42 Å². The molecule has 1 saturated carbocycles. The minimum atomic E-state index is -0.438. The molecule has 1 saturated heterocycles. The fraction of sp³-hybridized carbons (Fsp3) is 0.929. The first-order chi connectivity index (χ1) is 8.72. The van der Waals surface area contributed by atoms with Gasteiger partial charge in [0.25, 0.3) is 0 Å². The van der Waals surface area contributed by atoms with E-state index in [1.54, 1.807) is 7.11 Å². The van der Waals surface area contributed by atoms with Crippen molar-refractivity contribution in [2.75, 3.05) is 26.8 Å². The summed E-state index contributed by atoms with van der Waals surface area (Å²) in [4.78, 5) is 14.2. The molecule has 2 fully saturated rings. The Morgan fingerprint density at radius 1 is 1.39 bits per heavy atom. The number of piperidine rings is 1. The normalized spacial score (nSPS) is 31.8. The third kappa shape index (κ3) is 3.31. The summed E-state index contributed by atoms with van der Waals surface area (Å²) >= 11 is 0. The van der Waals surface area contributed by atoms with Gasteiger partial charge in [-0.05, 0) is 32.2 Å². The maximum atomic E-state index is 11.9. The number of hydrogen-bond donors (Lipinski definition) is 1. The molecule has 4 heteroatoms. The molecule has 0 aromatic carbocycles.